The van der Waals surface area contributed by atoms with Gasteiger partial charge in [0.05, 0.1) is 12.8 Å². The molecule has 0 aliphatic rings. The minimum Gasteiger partial charge on any atom is -0.481 e. The molecule has 0 radical (unpaired) electrons. The normalized spacial score (nSPS) is 11.1. The van der Waals surface area contributed by atoms with Crippen LogP contribution in [-0.4, -0.2) is 23.6 Å². The molecule has 0 amide bonds. The van der Waals surface area contributed by atoms with Crippen LogP contribution >= 0.6 is 0 Å². The number of ether oxygens (including phenoxy) is 1. The highest BCUT2D eigenvalue weighted by atomic mass is 16.5. The highest BCUT2D eigenvalue weighted by molar-refractivity contribution is 5.91. The van der Waals surface area contributed by atoms with E-state index in [2.05, 4.69) is 41.2 Å². The molecular formula is C20H25N3O. The van der Waals surface area contributed by atoms with Gasteiger partial charge in [0.25, 0.3) is 0 Å². The Labute approximate surface area is 143 Å². The van der Waals surface area contributed by atoms with E-state index in [1.54, 1.807) is 7.11 Å². The van der Waals surface area contributed by atoms with Gasteiger partial charge in [0.1, 0.15) is 0 Å². The van der Waals surface area contributed by atoms with Gasteiger partial charge in [-0.3, -0.25) is 0 Å². The minimum absolute atomic E-state index is 0.632. The fourth-order valence-electron chi connectivity index (χ4n) is 3.12. The quantitative estimate of drug-likeness (QED) is 0.644. The molecule has 24 heavy (non-hydrogen) atoms. The van der Waals surface area contributed by atoms with Crippen molar-refractivity contribution >= 4 is 10.9 Å². The van der Waals surface area contributed by atoms with Crippen molar-refractivity contribution in [3.05, 3.63) is 47.7 Å². The number of nitrogens with zero attached hydrogens (tertiary/aromatic N) is 1. The number of fused-ring (bicyclic) bond motifs is 1. The Morgan fingerprint density at radius 3 is 2.71 bits per heavy atom. The predicted molar refractivity (Wildman–Crippen MR) is 99.5 cm³/mol. The number of pyridine rings is 1. The predicted octanol–water partition coefficient (Wildman–Crippen LogP) is 4.08. The molecule has 3 aromatic rings. The van der Waals surface area contributed by atoms with E-state index in [1.807, 2.05) is 12.3 Å². The lowest BCUT2D eigenvalue weighted by Crippen LogP contribution is -1.99. The Morgan fingerprint density at radius 2 is 2.04 bits per heavy atom. The highest BCUT2D eigenvalue weighted by Crippen LogP contribution is 2.32. The third-order valence-corrected chi connectivity index (χ3v) is 4.49. The zero-order valence-corrected chi connectivity index (χ0v) is 14.4. The Bertz CT molecular complexity index is 806. The molecule has 2 aromatic heterocycles. The lowest BCUT2D eigenvalue weighted by atomic mass is 9.99. The van der Waals surface area contributed by atoms with Crippen LogP contribution in [0.3, 0.4) is 0 Å². The zero-order valence-electron chi connectivity index (χ0n) is 14.4. The van der Waals surface area contributed by atoms with Crippen molar-refractivity contribution in [1.29, 1.82) is 0 Å². The number of nitrogens with one attached hydrogen (secondary N) is 1. The summed E-state index contributed by atoms with van der Waals surface area (Å²) in [6.45, 7) is 2.93. The third-order valence-electron chi connectivity index (χ3n) is 4.49. The molecule has 3 rings (SSSR count). The van der Waals surface area contributed by atoms with Crippen molar-refractivity contribution in [2.45, 2.75) is 32.6 Å². The van der Waals surface area contributed by atoms with Crippen LogP contribution in [0.15, 0.2) is 36.5 Å². The molecule has 0 spiro atoms. The first-order chi connectivity index (χ1) is 11.8. The van der Waals surface area contributed by atoms with Gasteiger partial charge >= 0.3 is 0 Å². The standard InChI is InChI=1S/C20H25N3O/c1-3-14-7-9-18-17(12-14)16(6-4-5-11-21)20(23-18)15-8-10-19(24-2)22-13-15/h7-10,12-13,23H,3-6,11,21H2,1-2H3. The molecule has 0 atom stereocenters. The van der Waals surface area contributed by atoms with Gasteiger partial charge in [-0.25, -0.2) is 4.98 Å². The van der Waals surface area contributed by atoms with Crippen LogP contribution in [0, 0.1) is 0 Å². The first kappa shape index (κ1) is 16.5. The van der Waals surface area contributed by atoms with Crippen LogP contribution in [0.4, 0.5) is 0 Å². The van der Waals surface area contributed by atoms with Crippen LogP contribution in [0.1, 0.15) is 30.9 Å². The third kappa shape index (κ3) is 3.29. The molecule has 0 aliphatic heterocycles. The van der Waals surface area contributed by atoms with Crippen molar-refractivity contribution in [3.63, 3.8) is 0 Å². The number of hydrogen-bond acceptors (Lipinski definition) is 3. The molecule has 4 nitrogen and oxygen atoms in total. The Morgan fingerprint density at radius 1 is 1.17 bits per heavy atom. The van der Waals surface area contributed by atoms with E-state index in [9.17, 15) is 0 Å². The summed E-state index contributed by atoms with van der Waals surface area (Å²) in [7, 11) is 1.63. The van der Waals surface area contributed by atoms with Crippen LogP contribution < -0.4 is 10.5 Å². The van der Waals surface area contributed by atoms with Crippen LogP contribution in [0.2, 0.25) is 0 Å². The van der Waals surface area contributed by atoms with Crippen molar-refractivity contribution in [3.8, 4) is 17.1 Å². The minimum atomic E-state index is 0.632. The summed E-state index contributed by atoms with van der Waals surface area (Å²) in [5.41, 5.74) is 11.8. The second kappa shape index (κ2) is 7.49. The van der Waals surface area contributed by atoms with Crippen LogP contribution in [0.25, 0.3) is 22.2 Å². The van der Waals surface area contributed by atoms with Gasteiger partial charge in [-0.2, -0.15) is 0 Å². The summed E-state index contributed by atoms with van der Waals surface area (Å²) in [5, 5.41) is 1.32. The molecule has 126 valence electrons. The maximum atomic E-state index is 5.68. The second-order valence-electron chi connectivity index (χ2n) is 6.05. The van der Waals surface area contributed by atoms with Crippen molar-refractivity contribution in [2.24, 2.45) is 5.73 Å². The summed E-state index contributed by atoms with van der Waals surface area (Å²) in [4.78, 5) is 7.94. The Hall–Kier alpha value is -2.33. The largest absolute Gasteiger partial charge is 0.481 e. The molecule has 0 aliphatic carbocycles. The molecule has 0 saturated heterocycles. The average Bonchev–Trinajstić information content (AvgIpc) is 3.00. The molecule has 4 heteroatoms. The van der Waals surface area contributed by atoms with E-state index >= 15 is 0 Å². The monoisotopic (exact) mass is 323 g/mol. The number of aromatic amines is 1. The number of rotatable bonds is 7. The van der Waals surface area contributed by atoms with Gasteiger partial charge in [0.15, 0.2) is 0 Å². The summed E-state index contributed by atoms with van der Waals surface area (Å²) in [6, 6.07) is 10.6. The topological polar surface area (TPSA) is 63.9 Å². The van der Waals surface area contributed by atoms with E-state index in [0.717, 1.165) is 43.5 Å². The first-order valence-corrected chi connectivity index (χ1v) is 8.60. The van der Waals surface area contributed by atoms with Gasteiger partial charge in [-0.15, -0.1) is 0 Å². The number of methoxy groups -OCH3 is 1. The fourth-order valence-corrected chi connectivity index (χ4v) is 3.12. The number of benzene rings is 1. The molecule has 0 saturated carbocycles. The number of unbranched alkanes of at least 4 members (excludes halogenated alkanes) is 1. The lowest BCUT2D eigenvalue weighted by molar-refractivity contribution is 0.398. The molecule has 0 fully saturated rings. The van der Waals surface area contributed by atoms with Crippen molar-refractivity contribution in [2.75, 3.05) is 13.7 Å². The molecule has 3 N–H and O–H groups in total. The van der Waals surface area contributed by atoms with E-state index in [4.69, 9.17) is 10.5 Å². The Balaban J connectivity index is 2.08. The summed E-state index contributed by atoms with van der Waals surface area (Å²) >= 11 is 0. The number of aromatic nitrogens is 2. The molecule has 0 unspecified atom stereocenters. The van der Waals surface area contributed by atoms with E-state index in [1.165, 1.54) is 22.0 Å². The molecule has 1 aromatic carbocycles. The number of H-pyrrole nitrogens is 1. The lowest BCUT2D eigenvalue weighted by Gasteiger charge is -2.06. The van der Waals surface area contributed by atoms with Gasteiger partial charge < -0.3 is 15.5 Å². The zero-order chi connectivity index (χ0) is 16.9. The maximum absolute atomic E-state index is 5.68. The van der Waals surface area contributed by atoms with Crippen LogP contribution in [0.5, 0.6) is 5.88 Å². The van der Waals surface area contributed by atoms with Crippen LogP contribution in [-0.2, 0) is 12.8 Å². The smallest absolute Gasteiger partial charge is 0.212 e. The maximum Gasteiger partial charge on any atom is 0.212 e. The van der Waals surface area contributed by atoms with Crippen molar-refractivity contribution in [1.82, 2.24) is 9.97 Å². The van der Waals surface area contributed by atoms with E-state index < -0.39 is 0 Å². The summed E-state index contributed by atoms with van der Waals surface area (Å²) in [6.07, 6.45) is 6.07. The average molecular weight is 323 g/mol. The van der Waals surface area contributed by atoms with Gasteiger partial charge in [0.2, 0.25) is 5.88 Å². The Kier molecular flexibility index (Phi) is 5.16. The fraction of sp³-hybridized carbons (Fsp3) is 0.350. The first-order valence-electron chi connectivity index (χ1n) is 8.60. The van der Waals surface area contributed by atoms with Gasteiger partial charge in [0, 0.05) is 28.7 Å². The van der Waals surface area contributed by atoms with Gasteiger partial charge in [-0.05, 0) is 61.6 Å². The van der Waals surface area contributed by atoms with Crippen molar-refractivity contribution < 1.29 is 4.74 Å². The van der Waals surface area contributed by atoms with E-state index in [-0.39, 0.29) is 0 Å². The molecule has 2 heterocycles. The molecule has 0 bridgehead atoms. The van der Waals surface area contributed by atoms with Gasteiger partial charge in [-0.1, -0.05) is 13.0 Å². The highest BCUT2D eigenvalue weighted by Gasteiger charge is 2.14. The number of nitrogens with two attached hydrogens (primary N) is 1. The SMILES string of the molecule is CCc1ccc2[nH]c(-c3ccc(OC)nc3)c(CCCCN)c2c1. The molecular weight excluding hydrogens is 298 g/mol. The summed E-state index contributed by atoms with van der Waals surface area (Å²) < 4.78 is 5.17. The number of hydrogen-bond donors (Lipinski definition) is 2. The second-order valence-corrected chi connectivity index (χ2v) is 6.05. The van der Waals surface area contributed by atoms with E-state index in [0.29, 0.717) is 5.88 Å². The number of aryl methyl sites for hydroxylation is 2. The summed E-state index contributed by atoms with van der Waals surface area (Å²) in [5.74, 6) is 0.632.